The van der Waals surface area contributed by atoms with Crippen molar-refractivity contribution in [3.05, 3.63) is 0 Å². The molecule has 1 rings (SSSR count). The number of aliphatic imine (C=N–C) groups is 2. The van der Waals surface area contributed by atoms with Crippen LogP contribution in [0.2, 0.25) is 0 Å². The van der Waals surface area contributed by atoms with E-state index >= 15 is 0 Å². The van der Waals surface area contributed by atoms with Crippen LogP contribution in [0.3, 0.4) is 0 Å². The molecule has 6 heteroatoms. The fraction of sp³-hybridized carbons (Fsp3) is 0.500. The van der Waals surface area contributed by atoms with E-state index in [4.69, 9.17) is 23.2 Å². The minimum absolute atomic E-state index is 0.00377. The molecule has 0 radical (unpaired) electrons. The maximum atomic E-state index is 11.5. The molecule has 0 saturated heterocycles. The van der Waals surface area contributed by atoms with E-state index in [1.54, 1.807) is 0 Å². The molecule has 0 bridgehead atoms. The minimum Gasteiger partial charge on any atom is -0.291 e. The second kappa shape index (κ2) is 4.19. The van der Waals surface area contributed by atoms with Gasteiger partial charge in [-0.3, -0.25) is 19.6 Å². The van der Waals surface area contributed by atoms with Crippen molar-refractivity contribution in [3.63, 3.8) is 0 Å². The Bertz CT molecular complexity index is 315. The molecule has 1 aliphatic carbocycles. The van der Waals surface area contributed by atoms with E-state index in [1.807, 2.05) is 0 Å². The Morgan fingerprint density at radius 2 is 1.21 bits per heavy atom. The van der Waals surface area contributed by atoms with Gasteiger partial charge in [-0.25, -0.2) is 0 Å². The van der Waals surface area contributed by atoms with E-state index < -0.39 is 22.3 Å². The molecule has 0 spiro atoms. The van der Waals surface area contributed by atoms with Crippen molar-refractivity contribution in [2.75, 3.05) is 14.1 Å². The molecule has 1 saturated carbocycles. The lowest BCUT2D eigenvalue weighted by Gasteiger charge is -2.21. The molecule has 0 N–H and O–H groups in total. The van der Waals surface area contributed by atoms with Gasteiger partial charge in [0.05, 0.1) is 0 Å². The number of Topliss-reactive ketones (excluding diaryl/α,β-unsaturated/α-hetero) is 2. The topological polar surface area (TPSA) is 58.9 Å². The Morgan fingerprint density at radius 3 is 1.43 bits per heavy atom. The maximum absolute atomic E-state index is 11.5. The van der Waals surface area contributed by atoms with Crippen LogP contribution in [0.1, 0.15) is 0 Å². The van der Waals surface area contributed by atoms with Crippen LogP contribution in [-0.4, -0.2) is 47.8 Å². The molecular weight excluding hydrogens is 227 g/mol. The third-order valence-electron chi connectivity index (χ3n) is 1.93. The molecule has 2 atom stereocenters. The number of alkyl halides is 2. The van der Waals surface area contributed by atoms with Crippen LogP contribution in [-0.2, 0) is 9.59 Å². The van der Waals surface area contributed by atoms with Crippen molar-refractivity contribution in [2.24, 2.45) is 9.98 Å². The lowest BCUT2D eigenvalue weighted by atomic mass is 9.92. The Morgan fingerprint density at radius 1 is 0.929 bits per heavy atom. The van der Waals surface area contributed by atoms with Crippen molar-refractivity contribution >= 4 is 46.2 Å². The van der Waals surface area contributed by atoms with E-state index in [-0.39, 0.29) is 11.4 Å². The van der Waals surface area contributed by atoms with E-state index in [9.17, 15) is 9.59 Å². The summed E-state index contributed by atoms with van der Waals surface area (Å²) >= 11 is 11.5. The molecule has 0 heterocycles. The number of halogens is 2. The molecule has 14 heavy (non-hydrogen) atoms. The fourth-order valence-electron chi connectivity index (χ4n) is 1.20. The summed E-state index contributed by atoms with van der Waals surface area (Å²) < 4.78 is 0. The largest absolute Gasteiger partial charge is 0.291 e. The van der Waals surface area contributed by atoms with Gasteiger partial charge in [-0.1, -0.05) is 0 Å². The molecule has 76 valence electrons. The van der Waals surface area contributed by atoms with Crippen molar-refractivity contribution in [1.82, 2.24) is 0 Å². The summed E-state index contributed by atoms with van der Waals surface area (Å²) in [6.07, 6.45) is 0. The smallest absolute Gasteiger partial charge is 0.202 e. The molecular formula is C8H8Cl2N2O2. The normalized spacial score (nSPS) is 34.3. The Hall–Kier alpha value is -0.740. The van der Waals surface area contributed by atoms with E-state index in [0.717, 1.165) is 0 Å². The molecule has 0 aliphatic heterocycles. The third-order valence-corrected chi connectivity index (χ3v) is 2.74. The second-order valence-electron chi connectivity index (χ2n) is 2.67. The van der Waals surface area contributed by atoms with Crippen LogP contribution in [0.4, 0.5) is 0 Å². The van der Waals surface area contributed by atoms with Crippen LogP contribution >= 0.6 is 23.2 Å². The van der Waals surface area contributed by atoms with Crippen LogP contribution in [0.25, 0.3) is 0 Å². The molecule has 4 nitrogen and oxygen atoms in total. The molecule has 1 aliphatic rings. The highest BCUT2D eigenvalue weighted by Crippen LogP contribution is 2.18. The quantitative estimate of drug-likeness (QED) is 0.574. The summed E-state index contributed by atoms with van der Waals surface area (Å²) in [5.41, 5.74) is 0.00753. The fourth-order valence-corrected chi connectivity index (χ4v) is 1.84. The predicted molar refractivity (Wildman–Crippen MR) is 56.0 cm³/mol. The molecule has 1 fully saturated rings. The first-order valence-electron chi connectivity index (χ1n) is 3.84. The molecule has 2 unspecified atom stereocenters. The van der Waals surface area contributed by atoms with Crippen LogP contribution in [0.15, 0.2) is 9.98 Å². The van der Waals surface area contributed by atoms with Crippen LogP contribution in [0.5, 0.6) is 0 Å². The first kappa shape index (κ1) is 11.3. The number of nitrogens with zero attached hydrogens (tertiary/aromatic N) is 2. The van der Waals surface area contributed by atoms with E-state index in [2.05, 4.69) is 9.98 Å². The van der Waals surface area contributed by atoms with Crippen molar-refractivity contribution in [2.45, 2.75) is 10.8 Å². The SMILES string of the molecule is CN=C1C(=O)C(Cl)C(=NC)C(=O)C1Cl. The molecule has 0 aromatic rings. The molecule has 0 aromatic heterocycles. The summed E-state index contributed by atoms with van der Waals surface area (Å²) in [5, 5.41) is -2.11. The Labute approximate surface area is 91.0 Å². The second-order valence-corrected chi connectivity index (χ2v) is 3.54. The number of carbonyl (C=O) groups is 2. The van der Waals surface area contributed by atoms with Gasteiger partial charge in [-0.05, 0) is 0 Å². The van der Waals surface area contributed by atoms with Gasteiger partial charge in [0.2, 0.25) is 11.6 Å². The monoisotopic (exact) mass is 234 g/mol. The van der Waals surface area contributed by atoms with Crippen LogP contribution < -0.4 is 0 Å². The van der Waals surface area contributed by atoms with Crippen molar-refractivity contribution in [3.8, 4) is 0 Å². The average Bonchev–Trinajstić information content (AvgIpc) is 2.17. The minimum atomic E-state index is -1.05. The lowest BCUT2D eigenvalue weighted by Crippen LogP contribution is -2.50. The van der Waals surface area contributed by atoms with Gasteiger partial charge < -0.3 is 0 Å². The van der Waals surface area contributed by atoms with Crippen molar-refractivity contribution < 1.29 is 9.59 Å². The van der Waals surface area contributed by atoms with Crippen LogP contribution in [0, 0.1) is 0 Å². The van der Waals surface area contributed by atoms with Gasteiger partial charge in [0.1, 0.15) is 22.2 Å². The summed E-state index contributed by atoms with van der Waals surface area (Å²) in [6, 6.07) is 0. The Balaban J connectivity index is 3.20. The summed E-state index contributed by atoms with van der Waals surface area (Å²) in [5.74, 6) is -0.899. The zero-order valence-electron chi connectivity index (χ0n) is 7.62. The Kier molecular flexibility index (Phi) is 3.39. The number of rotatable bonds is 0. The first-order chi connectivity index (χ1) is 6.54. The highest BCUT2D eigenvalue weighted by atomic mass is 35.5. The van der Waals surface area contributed by atoms with Gasteiger partial charge in [-0.15, -0.1) is 23.2 Å². The zero-order valence-corrected chi connectivity index (χ0v) is 9.13. The highest BCUT2D eigenvalue weighted by molar-refractivity contribution is 6.79. The van der Waals surface area contributed by atoms with E-state index in [0.29, 0.717) is 0 Å². The van der Waals surface area contributed by atoms with Gasteiger partial charge in [0.25, 0.3) is 0 Å². The number of hydrogen-bond acceptors (Lipinski definition) is 4. The number of carbonyl (C=O) groups excluding carboxylic acids is 2. The maximum Gasteiger partial charge on any atom is 0.202 e. The van der Waals surface area contributed by atoms with Gasteiger partial charge in [0.15, 0.2) is 0 Å². The summed E-state index contributed by atoms with van der Waals surface area (Å²) in [7, 11) is 2.79. The highest BCUT2D eigenvalue weighted by Gasteiger charge is 2.43. The van der Waals surface area contributed by atoms with E-state index in [1.165, 1.54) is 14.1 Å². The standard InChI is InChI=1S/C8H8Cl2N2O2/c1-11-5-3(9)8(14)6(12-2)4(10)7(5)13/h3-4H,1-2H3. The zero-order chi connectivity index (χ0) is 10.9. The average molecular weight is 235 g/mol. The van der Waals surface area contributed by atoms with Crippen molar-refractivity contribution in [1.29, 1.82) is 0 Å². The third kappa shape index (κ3) is 1.60. The number of ketones is 2. The molecule has 0 amide bonds. The predicted octanol–water partition coefficient (Wildman–Crippen LogP) is 0.495. The van der Waals surface area contributed by atoms with Gasteiger partial charge in [-0.2, -0.15) is 0 Å². The molecule has 0 aromatic carbocycles. The first-order valence-corrected chi connectivity index (χ1v) is 4.71. The number of hydrogen-bond donors (Lipinski definition) is 0. The lowest BCUT2D eigenvalue weighted by molar-refractivity contribution is -0.116. The summed E-state index contributed by atoms with van der Waals surface area (Å²) in [4.78, 5) is 30.3. The van der Waals surface area contributed by atoms with Gasteiger partial charge >= 0.3 is 0 Å². The van der Waals surface area contributed by atoms with Gasteiger partial charge in [0, 0.05) is 14.1 Å². The summed E-state index contributed by atoms with van der Waals surface area (Å²) in [6.45, 7) is 0.